The summed E-state index contributed by atoms with van der Waals surface area (Å²) in [6, 6.07) is 5.49. The topological polar surface area (TPSA) is 112 Å². The first-order valence-corrected chi connectivity index (χ1v) is 11.8. The Labute approximate surface area is 199 Å². The minimum atomic E-state index is -0.623. The quantitative estimate of drug-likeness (QED) is 0.496. The largest absolute Gasteiger partial charge is 0.474 e. The molecule has 1 fully saturated rings. The number of esters is 1. The maximum atomic E-state index is 12.4. The monoisotopic (exact) mass is 461 g/mol. The number of nitrogens with one attached hydrogen (secondary N) is 1. The van der Waals surface area contributed by atoms with Crippen LogP contribution in [0.2, 0.25) is 0 Å². The molecule has 4 heterocycles. The summed E-state index contributed by atoms with van der Waals surface area (Å²) in [5.74, 6) is 1.44. The average molecular weight is 462 g/mol. The van der Waals surface area contributed by atoms with E-state index in [1.165, 1.54) is 0 Å². The fourth-order valence-corrected chi connectivity index (χ4v) is 4.15. The third-order valence-corrected chi connectivity index (χ3v) is 7.10. The van der Waals surface area contributed by atoms with Crippen LogP contribution in [-0.4, -0.2) is 32.6 Å². The van der Waals surface area contributed by atoms with Crippen LogP contribution in [-0.2, 0) is 10.3 Å². The minimum absolute atomic E-state index is 0.0474. The Morgan fingerprint density at radius 2 is 1.97 bits per heavy atom. The Balaban J connectivity index is 1.54. The molecule has 3 N–H and O–H groups in total. The summed E-state index contributed by atoms with van der Waals surface area (Å²) in [5.41, 5.74) is 7.61. The van der Waals surface area contributed by atoms with Gasteiger partial charge in [-0.1, -0.05) is 13.8 Å². The third kappa shape index (κ3) is 3.96. The number of rotatable bonds is 6. The van der Waals surface area contributed by atoms with Crippen molar-refractivity contribution in [1.82, 2.24) is 15.0 Å². The lowest BCUT2D eigenvalue weighted by Crippen LogP contribution is -2.39. The first kappa shape index (κ1) is 22.5. The smallest absolute Gasteiger partial charge is 0.340 e. The number of carbonyl (C=O) groups excluding carboxylic acids is 1. The van der Waals surface area contributed by atoms with Gasteiger partial charge >= 0.3 is 5.97 Å². The fraction of sp³-hybridized carbons (Fsp3) is 0.462. The molecule has 5 rings (SSSR count). The van der Waals surface area contributed by atoms with E-state index in [2.05, 4.69) is 22.2 Å². The van der Waals surface area contributed by atoms with Crippen molar-refractivity contribution in [3.8, 4) is 5.88 Å². The molecule has 0 saturated heterocycles. The van der Waals surface area contributed by atoms with Crippen LogP contribution in [0, 0.1) is 0 Å². The number of pyridine rings is 3. The van der Waals surface area contributed by atoms with Crippen molar-refractivity contribution in [2.24, 2.45) is 5.73 Å². The lowest BCUT2D eigenvalue weighted by molar-refractivity contribution is -0.0189. The van der Waals surface area contributed by atoms with Crippen molar-refractivity contribution in [3.63, 3.8) is 0 Å². The molecule has 3 aromatic heterocycles. The Hall–Kier alpha value is -3.26. The number of hydrogen-bond donors (Lipinski definition) is 2. The van der Waals surface area contributed by atoms with Crippen LogP contribution < -0.4 is 15.8 Å². The first-order chi connectivity index (χ1) is 16.1. The summed E-state index contributed by atoms with van der Waals surface area (Å²) in [5, 5.41) is 5.10. The highest BCUT2D eigenvalue weighted by Gasteiger charge is 2.40. The van der Waals surface area contributed by atoms with E-state index in [9.17, 15) is 4.79 Å². The Morgan fingerprint density at radius 3 is 2.68 bits per heavy atom. The van der Waals surface area contributed by atoms with E-state index in [0.29, 0.717) is 23.1 Å². The van der Waals surface area contributed by atoms with E-state index >= 15 is 0 Å². The van der Waals surface area contributed by atoms with Gasteiger partial charge in [0.25, 0.3) is 0 Å². The molecule has 3 aromatic rings. The van der Waals surface area contributed by atoms with Gasteiger partial charge in [0.1, 0.15) is 23.3 Å². The van der Waals surface area contributed by atoms with Gasteiger partial charge in [-0.15, -0.1) is 0 Å². The average Bonchev–Trinajstić information content (AvgIpc) is 3.61. The van der Waals surface area contributed by atoms with Crippen molar-refractivity contribution in [1.29, 1.82) is 0 Å². The van der Waals surface area contributed by atoms with Gasteiger partial charge in [0, 0.05) is 23.9 Å². The van der Waals surface area contributed by atoms with Gasteiger partial charge in [-0.25, -0.2) is 19.7 Å². The van der Waals surface area contributed by atoms with E-state index in [0.717, 1.165) is 41.3 Å². The number of carbonyl (C=O) groups is 1. The molecular weight excluding hydrogens is 430 g/mol. The highest BCUT2D eigenvalue weighted by molar-refractivity contribution is 5.93. The molecular formula is C26H31N5O3. The summed E-state index contributed by atoms with van der Waals surface area (Å²) in [6.07, 6.45) is 6.68. The Bertz CT molecular complexity index is 1280. The van der Waals surface area contributed by atoms with E-state index in [-0.39, 0.29) is 18.0 Å². The predicted octanol–water partition coefficient (Wildman–Crippen LogP) is 4.95. The molecule has 0 unspecified atom stereocenters. The summed E-state index contributed by atoms with van der Waals surface area (Å²) >= 11 is 0. The number of fused-ring (bicyclic) bond motifs is 2. The van der Waals surface area contributed by atoms with Gasteiger partial charge in [-0.05, 0) is 69.2 Å². The summed E-state index contributed by atoms with van der Waals surface area (Å²) in [4.78, 5) is 26.3. The molecule has 1 saturated carbocycles. The lowest BCUT2D eigenvalue weighted by atomic mass is 9.84. The first-order valence-electron chi connectivity index (χ1n) is 11.8. The molecule has 1 aliphatic heterocycles. The third-order valence-electron chi connectivity index (χ3n) is 7.10. The Kier molecular flexibility index (Phi) is 5.24. The molecule has 0 aromatic carbocycles. The van der Waals surface area contributed by atoms with Crippen LogP contribution >= 0.6 is 0 Å². The van der Waals surface area contributed by atoms with Gasteiger partial charge in [0.15, 0.2) is 0 Å². The van der Waals surface area contributed by atoms with Crippen LogP contribution in [0.5, 0.6) is 5.88 Å². The standard InChI is InChI=1S/C26H31N5O3/c1-6-26(5,27)19-13-29-23(33-15-7-8-15)18-12-28-21(11-17(18)19)30-20-10-9-16-22(31-20)14(2)25(3,4)34-24(16)32/h9-15H,6-8,27H2,1-5H3,(H,28,30,31)/t14-,26-/m1/s1. The van der Waals surface area contributed by atoms with Crippen LogP contribution in [0.4, 0.5) is 11.6 Å². The highest BCUT2D eigenvalue weighted by Crippen LogP contribution is 2.39. The summed E-state index contributed by atoms with van der Waals surface area (Å²) in [7, 11) is 0. The second-order valence-electron chi connectivity index (χ2n) is 10.1. The second kappa shape index (κ2) is 7.91. The number of aromatic nitrogens is 3. The molecule has 0 radical (unpaired) electrons. The zero-order valence-electron chi connectivity index (χ0n) is 20.3. The van der Waals surface area contributed by atoms with Gasteiger partial charge < -0.3 is 20.5 Å². The van der Waals surface area contributed by atoms with Crippen molar-refractivity contribution >= 4 is 28.4 Å². The van der Waals surface area contributed by atoms with Crippen molar-refractivity contribution in [2.75, 3.05) is 5.32 Å². The zero-order valence-corrected chi connectivity index (χ0v) is 20.3. The molecule has 8 heteroatoms. The molecule has 1 aliphatic carbocycles. The van der Waals surface area contributed by atoms with Crippen molar-refractivity contribution in [2.45, 2.75) is 77.0 Å². The van der Waals surface area contributed by atoms with E-state index in [1.54, 1.807) is 18.3 Å². The van der Waals surface area contributed by atoms with Crippen molar-refractivity contribution in [3.05, 3.63) is 47.4 Å². The molecule has 2 aliphatic rings. The van der Waals surface area contributed by atoms with E-state index in [1.807, 2.05) is 40.0 Å². The molecule has 178 valence electrons. The van der Waals surface area contributed by atoms with Crippen LogP contribution in [0.1, 0.15) is 81.4 Å². The normalized spacial score (nSPS) is 20.9. The van der Waals surface area contributed by atoms with Crippen LogP contribution in [0.15, 0.2) is 30.6 Å². The molecule has 0 bridgehead atoms. The number of ether oxygens (including phenoxy) is 2. The predicted molar refractivity (Wildman–Crippen MR) is 130 cm³/mol. The Morgan fingerprint density at radius 1 is 1.21 bits per heavy atom. The highest BCUT2D eigenvalue weighted by atomic mass is 16.6. The summed E-state index contributed by atoms with van der Waals surface area (Å²) < 4.78 is 11.6. The van der Waals surface area contributed by atoms with Gasteiger partial charge in [-0.2, -0.15) is 0 Å². The van der Waals surface area contributed by atoms with E-state index in [4.69, 9.17) is 20.2 Å². The fourth-order valence-electron chi connectivity index (χ4n) is 4.15. The number of nitrogens with zero attached hydrogens (tertiary/aromatic N) is 3. The molecule has 34 heavy (non-hydrogen) atoms. The molecule has 0 spiro atoms. The number of hydrogen-bond acceptors (Lipinski definition) is 8. The lowest BCUT2D eigenvalue weighted by Gasteiger charge is -2.36. The molecule has 0 amide bonds. The zero-order chi connectivity index (χ0) is 24.3. The SMILES string of the molecule is CC[C@@](C)(N)c1cnc(OC2CC2)c2cnc(Nc3ccc4c(n3)[C@@H](C)C(C)(C)OC4=O)cc12. The van der Waals surface area contributed by atoms with Crippen LogP contribution in [0.3, 0.4) is 0 Å². The van der Waals surface area contributed by atoms with Gasteiger partial charge in [-0.3, -0.25) is 0 Å². The maximum Gasteiger partial charge on any atom is 0.340 e. The second-order valence-corrected chi connectivity index (χ2v) is 10.1. The van der Waals surface area contributed by atoms with Crippen molar-refractivity contribution < 1.29 is 14.3 Å². The number of nitrogens with two attached hydrogens (primary N) is 1. The summed E-state index contributed by atoms with van der Waals surface area (Å²) in [6.45, 7) is 9.89. The molecule has 2 atom stereocenters. The van der Waals surface area contributed by atoms with Crippen LogP contribution in [0.25, 0.3) is 10.8 Å². The number of anilines is 2. The van der Waals surface area contributed by atoms with E-state index < -0.39 is 11.1 Å². The number of cyclic esters (lactones) is 1. The van der Waals surface area contributed by atoms with Gasteiger partial charge in [0.2, 0.25) is 5.88 Å². The maximum absolute atomic E-state index is 12.4. The van der Waals surface area contributed by atoms with Gasteiger partial charge in [0.05, 0.1) is 16.6 Å². The minimum Gasteiger partial charge on any atom is -0.474 e. The molecule has 8 nitrogen and oxygen atoms in total.